The van der Waals surface area contributed by atoms with Crippen molar-refractivity contribution < 1.29 is 23.7 Å². The van der Waals surface area contributed by atoms with E-state index < -0.39 is 0 Å². The second-order valence-corrected chi connectivity index (χ2v) is 16.1. The van der Waals surface area contributed by atoms with Crippen molar-refractivity contribution in [1.29, 1.82) is 0 Å². The van der Waals surface area contributed by atoms with Gasteiger partial charge in [-0.15, -0.1) is 0 Å². The first-order valence-electron chi connectivity index (χ1n) is 19.5. The van der Waals surface area contributed by atoms with E-state index in [-0.39, 0.29) is 12.4 Å². The van der Waals surface area contributed by atoms with E-state index >= 15 is 0 Å². The van der Waals surface area contributed by atoms with Crippen LogP contribution in [0.5, 0.6) is 23.0 Å². The van der Waals surface area contributed by atoms with Crippen LogP contribution in [0.1, 0.15) is 92.1 Å². The van der Waals surface area contributed by atoms with Crippen molar-refractivity contribution in [3.05, 3.63) is 46.5 Å². The zero-order valence-corrected chi connectivity index (χ0v) is 31.0. The van der Waals surface area contributed by atoms with Gasteiger partial charge in [-0.1, -0.05) is 38.5 Å². The highest BCUT2D eigenvalue weighted by atomic mass is 19.1. The molecule has 2 aromatic rings. The average molecular weight is 693 g/mol. The lowest BCUT2D eigenvalue weighted by molar-refractivity contribution is 0.0217. The molecule has 276 valence electrons. The highest BCUT2D eigenvalue weighted by molar-refractivity contribution is 5.50. The van der Waals surface area contributed by atoms with Crippen molar-refractivity contribution in [3.63, 3.8) is 0 Å². The van der Waals surface area contributed by atoms with E-state index in [2.05, 4.69) is 51.9 Å². The summed E-state index contributed by atoms with van der Waals surface area (Å²) in [4.78, 5) is 10.5. The van der Waals surface area contributed by atoms with Crippen LogP contribution in [0.25, 0.3) is 0 Å². The average Bonchev–Trinajstić information content (AvgIpc) is 3.08. The third-order valence-corrected chi connectivity index (χ3v) is 13.1. The molecule has 0 radical (unpaired) electrons. The number of rotatable bonds is 10. The minimum atomic E-state index is -0.349. The monoisotopic (exact) mass is 692 g/mol. The molecule has 4 fully saturated rings. The smallest absolute Gasteiger partial charge is 0.161 e. The summed E-state index contributed by atoms with van der Waals surface area (Å²) in [6, 6.07) is 10.5. The van der Waals surface area contributed by atoms with Gasteiger partial charge < -0.3 is 29.1 Å². The van der Waals surface area contributed by atoms with Crippen molar-refractivity contribution in [1.82, 2.24) is 19.6 Å². The number of piperazine rings is 2. The van der Waals surface area contributed by atoms with Gasteiger partial charge in [0.05, 0.1) is 27.5 Å². The fraction of sp³-hybridized carbons (Fsp3) is 0.707. The number of hydrogen-bond acceptors (Lipinski definition) is 8. The number of likely N-dealkylation sites (N-methyl/N-ethyl adjacent to an activating group) is 2. The number of phenols is 1. The molecule has 4 aliphatic heterocycles. The first-order chi connectivity index (χ1) is 24.3. The molecule has 0 amide bonds. The lowest BCUT2D eigenvalue weighted by Gasteiger charge is -2.49. The molecule has 1 N–H and O–H groups in total. The molecule has 2 aromatic carbocycles. The molecule has 0 bridgehead atoms. The topological polar surface area (TPSA) is 60.9 Å². The van der Waals surface area contributed by atoms with Crippen LogP contribution < -0.4 is 14.2 Å². The van der Waals surface area contributed by atoms with Crippen molar-refractivity contribution in [2.24, 2.45) is 11.8 Å². The summed E-state index contributed by atoms with van der Waals surface area (Å²) in [6.45, 7) is 6.79. The van der Waals surface area contributed by atoms with Gasteiger partial charge in [-0.3, -0.25) is 14.2 Å². The SMILES string of the molecule is COc1cc2c(cc1O)CCN1C[C@@H](CC3CCC3)N(C)C[C@H]21.COc1cc2c(cc1OCCCF)CCN1C[C@@H](CC3CCC3)N(C)C[C@H]21. The first kappa shape index (κ1) is 35.8. The first-order valence-corrected chi connectivity index (χ1v) is 19.5. The third kappa shape index (κ3) is 7.62. The van der Waals surface area contributed by atoms with Crippen LogP contribution in [0.3, 0.4) is 0 Å². The number of halogens is 1. The van der Waals surface area contributed by atoms with Crippen LogP contribution in [0.15, 0.2) is 24.3 Å². The van der Waals surface area contributed by atoms with Crippen LogP contribution in [0.4, 0.5) is 4.39 Å². The Morgan fingerprint density at radius 1 is 0.700 bits per heavy atom. The largest absolute Gasteiger partial charge is 0.504 e. The zero-order chi connectivity index (χ0) is 34.8. The molecular weight excluding hydrogens is 631 g/mol. The summed E-state index contributed by atoms with van der Waals surface area (Å²) in [5, 5.41) is 10.0. The van der Waals surface area contributed by atoms with E-state index in [1.165, 1.54) is 86.7 Å². The minimum absolute atomic E-state index is 0.270. The molecule has 9 heteroatoms. The van der Waals surface area contributed by atoms with E-state index in [9.17, 15) is 9.50 Å². The summed E-state index contributed by atoms with van der Waals surface area (Å²) in [7, 11) is 7.89. The summed E-state index contributed by atoms with van der Waals surface area (Å²) in [5.41, 5.74) is 5.37. The molecule has 6 aliphatic rings. The predicted octanol–water partition coefficient (Wildman–Crippen LogP) is 6.64. The van der Waals surface area contributed by atoms with Gasteiger partial charge in [-0.05, 0) is 98.1 Å². The Bertz CT molecular complexity index is 1450. The van der Waals surface area contributed by atoms with Gasteiger partial charge in [0.2, 0.25) is 0 Å². The zero-order valence-electron chi connectivity index (χ0n) is 31.0. The number of methoxy groups -OCH3 is 2. The predicted molar refractivity (Wildman–Crippen MR) is 197 cm³/mol. The Morgan fingerprint density at radius 3 is 1.70 bits per heavy atom. The molecule has 8 rings (SSSR count). The fourth-order valence-electron chi connectivity index (χ4n) is 9.47. The number of fused-ring (bicyclic) bond motifs is 6. The van der Waals surface area contributed by atoms with E-state index in [0.29, 0.717) is 42.9 Å². The maximum atomic E-state index is 12.4. The number of hydrogen-bond donors (Lipinski definition) is 1. The van der Waals surface area contributed by atoms with Crippen LogP contribution in [-0.4, -0.2) is 118 Å². The molecule has 8 nitrogen and oxygen atoms in total. The van der Waals surface area contributed by atoms with Gasteiger partial charge in [-0.25, -0.2) is 0 Å². The van der Waals surface area contributed by atoms with Crippen molar-refractivity contribution >= 4 is 0 Å². The maximum absolute atomic E-state index is 12.4. The van der Waals surface area contributed by atoms with Crippen molar-refractivity contribution in [2.45, 2.75) is 94.8 Å². The molecule has 50 heavy (non-hydrogen) atoms. The summed E-state index contributed by atoms with van der Waals surface area (Å²) >= 11 is 0. The van der Waals surface area contributed by atoms with Gasteiger partial charge in [0, 0.05) is 69.9 Å². The normalized spacial score (nSPS) is 27.4. The highest BCUT2D eigenvalue weighted by Crippen LogP contribution is 2.43. The second-order valence-electron chi connectivity index (χ2n) is 16.1. The number of alkyl halides is 1. The Labute approximate surface area is 299 Å². The lowest BCUT2D eigenvalue weighted by atomic mass is 9.79. The number of phenolic OH excluding ortho intramolecular Hbond substituents is 1. The van der Waals surface area contributed by atoms with Crippen molar-refractivity contribution in [2.75, 3.05) is 80.9 Å². The summed E-state index contributed by atoms with van der Waals surface area (Å²) in [6.07, 6.45) is 13.8. The van der Waals surface area contributed by atoms with E-state index in [0.717, 1.165) is 62.4 Å². The molecule has 0 spiro atoms. The van der Waals surface area contributed by atoms with Crippen LogP contribution in [-0.2, 0) is 12.8 Å². The van der Waals surface area contributed by atoms with Crippen LogP contribution in [0, 0.1) is 11.8 Å². The minimum Gasteiger partial charge on any atom is -0.504 e. The van der Waals surface area contributed by atoms with E-state index in [1.54, 1.807) is 14.2 Å². The summed E-state index contributed by atoms with van der Waals surface area (Å²) in [5.74, 6) is 4.32. The van der Waals surface area contributed by atoms with E-state index in [4.69, 9.17) is 14.2 Å². The van der Waals surface area contributed by atoms with Crippen LogP contribution in [0.2, 0.25) is 0 Å². The van der Waals surface area contributed by atoms with Gasteiger partial charge in [0.25, 0.3) is 0 Å². The molecule has 2 saturated carbocycles. The van der Waals surface area contributed by atoms with Gasteiger partial charge in [-0.2, -0.15) is 0 Å². The van der Waals surface area contributed by atoms with E-state index in [1.807, 2.05) is 6.07 Å². The molecule has 2 aliphatic carbocycles. The second kappa shape index (κ2) is 16.0. The molecular formula is C41H61FN4O4. The Morgan fingerprint density at radius 2 is 1.22 bits per heavy atom. The standard InChI is InChI=1S/C22H33FN2O2.C19H28N2O2/c1-24-15-20-19-13-21(26-2)22(27-10-4-8-23)12-17(19)7-9-25(20)14-18(24)11-16-5-3-6-16;1-20-12-17-16-10-19(23-2)18(22)9-14(16)6-7-21(17)11-15(20)8-13-4-3-5-13/h12-13,16,18,20H,3-11,14-15H2,1-2H3;9-10,13,15,17,22H,3-8,11-12H2,1-2H3/t18-,20-;15-,17-/m11/s1. The van der Waals surface area contributed by atoms with Gasteiger partial charge >= 0.3 is 0 Å². The fourth-order valence-corrected chi connectivity index (χ4v) is 9.47. The molecule has 4 atom stereocenters. The molecule has 0 unspecified atom stereocenters. The quantitative estimate of drug-likeness (QED) is 0.278. The van der Waals surface area contributed by atoms with Crippen molar-refractivity contribution in [3.8, 4) is 23.0 Å². The number of aromatic hydroxyl groups is 1. The Kier molecular flexibility index (Phi) is 11.4. The number of nitrogens with zero attached hydrogens (tertiary/aromatic N) is 4. The number of ether oxygens (including phenoxy) is 3. The van der Waals surface area contributed by atoms with Crippen LogP contribution >= 0.6 is 0 Å². The Hall–Kier alpha value is -2.59. The molecule has 0 aromatic heterocycles. The number of benzene rings is 2. The van der Waals surface area contributed by atoms with Gasteiger partial charge in [0.1, 0.15) is 0 Å². The molecule has 2 saturated heterocycles. The van der Waals surface area contributed by atoms with Gasteiger partial charge in [0.15, 0.2) is 23.0 Å². The lowest BCUT2D eigenvalue weighted by Crippen LogP contribution is -2.55. The Balaban J connectivity index is 0.000000159. The maximum Gasteiger partial charge on any atom is 0.161 e. The third-order valence-electron chi connectivity index (χ3n) is 13.1. The summed E-state index contributed by atoms with van der Waals surface area (Å²) < 4.78 is 29.1. The molecule has 4 heterocycles. The highest BCUT2D eigenvalue weighted by Gasteiger charge is 2.39.